The smallest absolute Gasteiger partial charge is 0.123 e. The van der Waals surface area contributed by atoms with Gasteiger partial charge in [0.05, 0.1) is 7.11 Å². The molecule has 20 heavy (non-hydrogen) atoms. The zero-order chi connectivity index (χ0) is 14.5. The fourth-order valence-corrected chi connectivity index (χ4v) is 2.35. The summed E-state index contributed by atoms with van der Waals surface area (Å²) in [6.45, 7) is 3.75. The minimum absolute atomic E-state index is 0.823. The minimum Gasteiger partial charge on any atom is -0.496 e. The number of rotatable bonds is 5. The molecule has 2 N–H and O–H groups in total. The lowest BCUT2D eigenvalue weighted by Crippen LogP contribution is -2.18. The first kappa shape index (κ1) is 14.4. The summed E-state index contributed by atoms with van der Waals surface area (Å²) >= 11 is 0. The molecule has 0 bridgehead atoms. The molecule has 3 nitrogen and oxygen atoms in total. The van der Waals surface area contributed by atoms with E-state index in [1.807, 2.05) is 24.3 Å². The van der Waals surface area contributed by atoms with Crippen molar-refractivity contribution in [3.8, 4) is 5.75 Å². The second-order valence-electron chi connectivity index (χ2n) is 5.19. The first-order chi connectivity index (χ1) is 9.60. The van der Waals surface area contributed by atoms with Gasteiger partial charge in [0.25, 0.3) is 0 Å². The van der Waals surface area contributed by atoms with Crippen LogP contribution in [0.1, 0.15) is 16.7 Å². The van der Waals surface area contributed by atoms with Crippen molar-refractivity contribution in [1.82, 2.24) is 4.90 Å². The molecule has 0 atom stereocenters. The largest absolute Gasteiger partial charge is 0.496 e. The number of hydrogen-bond acceptors (Lipinski definition) is 3. The van der Waals surface area contributed by atoms with E-state index in [1.54, 1.807) is 7.11 Å². The van der Waals surface area contributed by atoms with Gasteiger partial charge >= 0.3 is 0 Å². The number of nitrogen functional groups attached to an aromatic ring is 1. The van der Waals surface area contributed by atoms with E-state index < -0.39 is 0 Å². The maximum absolute atomic E-state index is 5.99. The van der Waals surface area contributed by atoms with Gasteiger partial charge < -0.3 is 10.5 Å². The predicted molar refractivity (Wildman–Crippen MR) is 83.8 cm³/mol. The van der Waals surface area contributed by atoms with Gasteiger partial charge in [0.1, 0.15) is 5.75 Å². The lowest BCUT2D eigenvalue weighted by molar-refractivity contribution is 0.310. The molecule has 0 amide bonds. The van der Waals surface area contributed by atoms with Crippen molar-refractivity contribution in [2.24, 2.45) is 0 Å². The Bertz CT molecular complexity index is 581. The maximum Gasteiger partial charge on any atom is 0.123 e. The topological polar surface area (TPSA) is 38.5 Å². The van der Waals surface area contributed by atoms with Gasteiger partial charge in [-0.05, 0) is 31.7 Å². The Labute approximate surface area is 121 Å². The van der Waals surface area contributed by atoms with Crippen LogP contribution in [-0.2, 0) is 13.1 Å². The Morgan fingerprint density at radius 1 is 1.05 bits per heavy atom. The van der Waals surface area contributed by atoms with Crippen LogP contribution in [0.15, 0.2) is 42.5 Å². The van der Waals surface area contributed by atoms with Crippen LogP contribution in [0, 0.1) is 6.92 Å². The monoisotopic (exact) mass is 270 g/mol. The molecule has 2 rings (SSSR count). The van der Waals surface area contributed by atoms with Crippen molar-refractivity contribution in [2.45, 2.75) is 20.0 Å². The van der Waals surface area contributed by atoms with Crippen LogP contribution < -0.4 is 10.5 Å². The zero-order valence-electron chi connectivity index (χ0n) is 12.4. The SMILES string of the molecule is COc1ccc(C)cc1CN(C)Cc1ccccc1N. The number of anilines is 1. The third-order valence-electron chi connectivity index (χ3n) is 3.37. The highest BCUT2D eigenvalue weighted by atomic mass is 16.5. The summed E-state index contributed by atoms with van der Waals surface area (Å²) in [5.74, 6) is 0.934. The highest BCUT2D eigenvalue weighted by Crippen LogP contribution is 2.22. The third-order valence-corrected chi connectivity index (χ3v) is 3.37. The number of ether oxygens (including phenoxy) is 1. The normalized spacial score (nSPS) is 10.8. The average Bonchev–Trinajstić information content (AvgIpc) is 2.41. The van der Waals surface area contributed by atoms with E-state index >= 15 is 0 Å². The van der Waals surface area contributed by atoms with Gasteiger partial charge in [-0.25, -0.2) is 0 Å². The lowest BCUT2D eigenvalue weighted by Gasteiger charge is -2.19. The Morgan fingerprint density at radius 3 is 2.45 bits per heavy atom. The second-order valence-corrected chi connectivity index (χ2v) is 5.19. The molecule has 0 saturated heterocycles. The molecule has 106 valence electrons. The number of benzene rings is 2. The summed E-state index contributed by atoms with van der Waals surface area (Å²) in [5.41, 5.74) is 10.4. The maximum atomic E-state index is 5.99. The number of nitrogens with zero attached hydrogens (tertiary/aromatic N) is 1. The molecule has 0 heterocycles. The van der Waals surface area contributed by atoms with E-state index in [4.69, 9.17) is 10.5 Å². The Balaban J connectivity index is 2.10. The number of nitrogens with two attached hydrogens (primary N) is 1. The standard InChI is InChI=1S/C17H22N2O/c1-13-8-9-17(20-3)15(10-13)12-19(2)11-14-6-4-5-7-16(14)18/h4-10H,11-12,18H2,1-3H3. The van der Waals surface area contributed by atoms with Crippen LogP contribution in [0.2, 0.25) is 0 Å². The van der Waals surface area contributed by atoms with Gasteiger partial charge in [0.2, 0.25) is 0 Å². The Morgan fingerprint density at radius 2 is 1.75 bits per heavy atom. The molecule has 0 saturated carbocycles. The van der Waals surface area contributed by atoms with Crippen LogP contribution in [-0.4, -0.2) is 19.1 Å². The van der Waals surface area contributed by atoms with Gasteiger partial charge in [0, 0.05) is 24.3 Å². The summed E-state index contributed by atoms with van der Waals surface area (Å²) < 4.78 is 5.42. The van der Waals surface area contributed by atoms with E-state index in [-0.39, 0.29) is 0 Å². The summed E-state index contributed by atoms with van der Waals surface area (Å²) in [6.07, 6.45) is 0. The predicted octanol–water partition coefficient (Wildman–Crippen LogP) is 3.22. The molecule has 0 radical (unpaired) electrons. The van der Waals surface area contributed by atoms with E-state index in [0.29, 0.717) is 0 Å². The van der Waals surface area contributed by atoms with Crippen LogP contribution in [0.3, 0.4) is 0 Å². The first-order valence-electron chi connectivity index (χ1n) is 6.75. The summed E-state index contributed by atoms with van der Waals surface area (Å²) in [4.78, 5) is 2.24. The highest BCUT2D eigenvalue weighted by Gasteiger charge is 2.08. The fraction of sp³-hybridized carbons (Fsp3) is 0.294. The third kappa shape index (κ3) is 3.52. The Hall–Kier alpha value is -2.00. The average molecular weight is 270 g/mol. The van der Waals surface area contributed by atoms with Crippen LogP contribution >= 0.6 is 0 Å². The van der Waals surface area contributed by atoms with Crippen molar-refractivity contribution in [1.29, 1.82) is 0 Å². The van der Waals surface area contributed by atoms with Crippen LogP contribution in [0.25, 0.3) is 0 Å². The van der Waals surface area contributed by atoms with Gasteiger partial charge in [-0.2, -0.15) is 0 Å². The summed E-state index contributed by atoms with van der Waals surface area (Å²) in [6, 6.07) is 14.3. The quantitative estimate of drug-likeness (QED) is 0.848. The fourth-order valence-electron chi connectivity index (χ4n) is 2.35. The number of aryl methyl sites for hydroxylation is 1. The molecule has 0 fully saturated rings. The molecule has 0 spiro atoms. The van der Waals surface area contributed by atoms with Crippen molar-refractivity contribution in [3.63, 3.8) is 0 Å². The number of para-hydroxylation sites is 1. The molecule has 0 aliphatic heterocycles. The number of methoxy groups -OCH3 is 1. The lowest BCUT2D eigenvalue weighted by atomic mass is 10.1. The molecule has 0 aromatic heterocycles. The molecule has 0 aliphatic rings. The highest BCUT2D eigenvalue weighted by molar-refractivity contribution is 5.46. The molecule has 2 aromatic carbocycles. The van der Waals surface area contributed by atoms with E-state index in [2.05, 4.69) is 37.1 Å². The zero-order valence-corrected chi connectivity index (χ0v) is 12.4. The summed E-state index contributed by atoms with van der Waals surface area (Å²) in [5, 5.41) is 0. The van der Waals surface area contributed by atoms with E-state index in [9.17, 15) is 0 Å². The van der Waals surface area contributed by atoms with Gasteiger partial charge in [0.15, 0.2) is 0 Å². The van der Waals surface area contributed by atoms with E-state index in [0.717, 1.165) is 30.1 Å². The van der Waals surface area contributed by atoms with Crippen molar-refractivity contribution in [2.75, 3.05) is 19.9 Å². The van der Waals surface area contributed by atoms with Gasteiger partial charge in [-0.1, -0.05) is 35.9 Å². The molecule has 3 heteroatoms. The van der Waals surface area contributed by atoms with E-state index in [1.165, 1.54) is 11.1 Å². The first-order valence-corrected chi connectivity index (χ1v) is 6.75. The molecular weight excluding hydrogens is 248 g/mol. The number of hydrogen-bond donors (Lipinski definition) is 1. The van der Waals surface area contributed by atoms with Crippen molar-refractivity contribution < 1.29 is 4.74 Å². The van der Waals surface area contributed by atoms with Crippen molar-refractivity contribution in [3.05, 3.63) is 59.2 Å². The molecule has 2 aromatic rings. The second kappa shape index (κ2) is 6.44. The molecule has 0 unspecified atom stereocenters. The Kier molecular flexibility index (Phi) is 4.64. The van der Waals surface area contributed by atoms with Gasteiger partial charge in [-0.15, -0.1) is 0 Å². The van der Waals surface area contributed by atoms with Crippen LogP contribution in [0.4, 0.5) is 5.69 Å². The van der Waals surface area contributed by atoms with Crippen LogP contribution in [0.5, 0.6) is 5.75 Å². The van der Waals surface area contributed by atoms with Gasteiger partial charge in [-0.3, -0.25) is 4.90 Å². The summed E-state index contributed by atoms with van der Waals surface area (Å²) in [7, 11) is 3.80. The van der Waals surface area contributed by atoms with Crippen molar-refractivity contribution >= 4 is 5.69 Å². The minimum atomic E-state index is 0.823. The molecular formula is C17H22N2O. The molecule has 0 aliphatic carbocycles.